The molecule has 0 unspecified atom stereocenters. The first-order chi connectivity index (χ1) is 6.32. The highest BCUT2D eigenvalue weighted by atomic mass is 32.2. The lowest BCUT2D eigenvalue weighted by atomic mass is 9.91. The van der Waals surface area contributed by atoms with E-state index in [4.69, 9.17) is 0 Å². The third-order valence-electron chi connectivity index (χ3n) is 2.04. The number of nitrogens with zero attached hydrogens (tertiary/aromatic N) is 1. The van der Waals surface area contributed by atoms with Crippen molar-refractivity contribution in [2.24, 2.45) is 5.41 Å². The van der Waals surface area contributed by atoms with Gasteiger partial charge in [0.25, 0.3) is 0 Å². The van der Waals surface area contributed by atoms with Crippen LogP contribution in [0.4, 0.5) is 0 Å². The fraction of sp³-hybridized carbons (Fsp3) is 0.600. The van der Waals surface area contributed by atoms with E-state index in [1.54, 1.807) is 13.1 Å². The van der Waals surface area contributed by atoms with Crippen LogP contribution in [-0.4, -0.2) is 29.4 Å². The molecule has 14 heavy (non-hydrogen) atoms. The van der Waals surface area contributed by atoms with E-state index in [9.17, 15) is 9.59 Å². The van der Waals surface area contributed by atoms with Crippen molar-refractivity contribution in [2.75, 3.05) is 12.8 Å². The van der Waals surface area contributed by atoms with Crippen LogP contribution >= 0.6 is 11.8 Å². The van der Waals surface area contributed by atoms with Crippen LogP contribution in [0.2, 0.25) is 0 Å². The van der Waals surface area contributed by atoms with Crippen LogP contribution in [0, 0.1) is 5.41 Å². The SMILES string of the molecule is CN1C(=O)CS/C1=C/C(=O)C(C)(C)C. The molecule has 0 N–H and O–H groups in total. The van der Waals surface area contributed by atoms with Crippen LogP contribution in [0.15, 0.2) is 11.1 Å². The second-order valence-corrected chi connectivity index (χ2v) is 5.33. The van der Waals surface area contributed by atoms with Gasteiger partial charge >= 0.3 is 0 Å². The number of carbonyl (C=O) groups is 2. The highest BCUT2D eigenvalue weighted by molar-refractivity contribution is 8.04. The van der Waals surface area contributed by atoms with E-state index in [1.165, 1.54) is 16.7 Å². The van der Waals surface area contributed by atoms with Gasteiger partial charge in [0.15, 0.2) is 5.78 Å². The predicted octanol–water partition coefficient (Wildman–Crippen LogP) is 1.65. The van der Waals surface area contributed by atoms with Crippen molar-refractivity contribution in [3.8, 4) is 0 Å². The fourth-order valence-electron chi connectivity index (χ4n) is 0.919. The molecule has 0 bridgehead atoms. The molecule has 0 saturated carbocycles. The minimum atomic E-state index is -0.375. The van der Waals surface area contributed by atoms with E-state index in [-0.39, 0.29) is 17.1 Å². The fourth-order valence-corrected chi connectivity index (χ4v) is 1.87. The number of rotatable bonds is 1. The third kappa shape index (κ3) is 2.38. The number of carbonyl (C=O) groups excluding carboxylic acids is 2. The Morgan fingerprint density at radius 1 is 1.50 bits per heavy atom. The number of hydrogen-bond donors (Lipinski definition) is 0. The first-order valence-electron chi connectivity index (χ1n) is 4.48. The summed E-state index contributed by atoms with van der Waals surface area (Å²) in [5.74, 6) is 0.559. The number of allylic oxidation sites excluding steroid dienone is 1. The largest absolute Gasteiger partial charge is 0.309 e. The zero-order valence-electron chi connectivity index (χ0n) is 8.96. The maximum atomic E-state index is 11.6. The van der Waals surface area contributed by atoms with Crippen molar-refractivity contribution in [3.05, 3.63) is 11.1 Å². The molecule has 0 spiro atoms. The highest BCUT2D eigenvalue weighted by Gasteiger charge is 2.26. The van der Waals surface area contributed by atoms with Gasteiger partial charge in [-0.05, 0) is 0 Å². The zero-order chi connectivity index (χ0) is 10.9. The molecule has 3 nitrogen and oxygen atoms in total. The van der Waals surface area contributed by atoms with Crippen LogP contribution in [0.25, 0.3) is 0 Å². The van der Waals surface area contributed by atoms with Crippen molar-refractivity contribution in [1.82, 2.24) is 4.90 Å². The molecule has 0 aliphatic carbocycles. The van der Waals surface area contributed by atoms with Gasteiger partial charge in [-0.2, -0.15) is 0 Å². The average Bonchev–Trinajstić information content (AvgIpc) is 2.34. The smallest absolute Gasteiger partial charge is 0.237 e. The summed E-state index contributed by atoms with van der Waals surface area (Å²) < 4.78 is 0. The van der Waals surface area contributed by atoms with Gasteiger partial charge in [-0.3, -0.25) is 9.59 Å². The third-order valence-corrected chi connectivity index (χ3v) is 3.12. The molecule has 1 rings (SSSR count). The Hall–Kier alpha value is -0.770. The summed E-state index contributed by atoms with van der Waals surface area (Å²) in [6, 6.07) is 0. The summed E-state index contributed by atoms with van der Waals surface area (Å²) in [5.41, 5.74) is -0.375. The van der Waals surface area contributed by atoms with Crippen LogP contribution in [-0.2, 0) is 9.59 Å². The summed E-state index contributed by atoms with van der Waals surface area (Å²) in [5, 5.41) is 0.759. The van der Waals surface area contributed by atoms with Gasteiger partial charge in [-0.25, -0.2) is 0 Å². The van der Waals surface area contributed by atoms with E-state index in [2.05, 4.69) is 0 Å². The molecule has 1 heterocycles. The zero-order valence-corrected chi connectivity index (χ0v) is 9.77. The van der Waals surface area contributed by atoms with Crippen molar-refractivity contribution < 1.29 is 9.59 Å². The van der Waals surface area contributed by atoms with Crippen LogP contribution < -0.4 is 0 Å². The average molecular weight is 213 g/mol. The summed E-state index contributed by atoms with van der Waals surface area (Å²) >= 11 is 1.42. The van der Waals surface area contributed by atoms with Gasteiger partial charge in [-0.1, -0.05) is 32.5 Å². The van der Waals surface area contributed by atoms with Crippen LogP contribution in [0.3, 0.4) is 0 Å². The number of thioether (sulfide) groups is 1. The van der Waals surface area contributed by atoms with E-state index in [0.29, 0.717) is 5.75 Å². The van der Waals surface area contributed by atoms with Crippen molar-refractivity contribution in [3.63, 3.8) is 0 Å². The lowest BCUT2D eigenvalue weighted by Crippen LogP contribution is -2.22. The molecule has 0 radical (unpaired) electrons. The number of ketones is 1. The molecular weight excluding hydrogens is 198 g/mol. The minimum Gasteiger partial charge on any atom is -0.309 e. The van der Waals surface area contributed by atoms with E-state index in [0.717, 1.165) is 5.03 Å². The summed E-state index contributed by atoms with van der Waals surface area (Å²) in [6.45, 7) is 5.61. The normalized spacial score (nSPS) is 20.7. The Labute approximate surface area is 88.5 Å². The van der Waals surface area contributed by atoms with Crippen molar-refractivity contribution >= 4 is 23.5 Å². The van der Waals surface area contributed by atoms with Gasteiger partial charge in [0, 0.05) is 18.5 Å². The summed E-state index contributed by atoms with van der Waals surface area (Å²) in [7, 11) is 1.70. The maximum absolute atomic E-state index is 11.6. The summed E-state index contributed by atoms with van der Waals surface area (Å²) in [4.78, 5) is 24.3. The quantitative estimate of drug-likeness (QED) is 0.621. The van der Waals surface area contributed by atoms with Gasteiger partial charge in [0.05, 0.1) is 10.8 Å². The lowest BCUT2D eigenvalue weighted by molar-refractivity contribution is -0.124. The Bertz CT molecular complexity index is 302. The Morgan fingerprint density at radius 3 is 2.43 bits per heavy atom. The first kappa shape index (κ1) is 11.3. The van der Waals surface area contributed by atoms with E-state index < -0.39 is 0 Å². The minimum absolute atomic E-state index is 0.0570. The highest BCUT2D eigenvalue weighted by Crippen LogP contribution is 2.28. The molecule has 1 amide bonds. The second kappa shape index (κ2) is 3.77. The predicted molar refractivity (Wildman–Crippen MR) is 57.8 cm³/mol. The molecule has 0 atom stereocenters. The van der Waals surface area contributed by atoms with E-state index in [1.807, 2.05) is 20.8 Å². The first-order valence-corrected chi connectivity index (χ1v) is 5.46. The Morgan fingerprint density at radius 2 is 2.07 bits per heavy atom. The Kier molecular flexibility index (Phi) is 3.04. The van der Waals surface area contributed by atoms with Gasteiger partial charge < -0.3 is 4.90 Å². The van der Waals surface area contributed by atoms with E-state index >= 15 is 0 Å². The summed E-state index contributed by atoms with van der Waals surface area (Å²) in [6.07, 6.45) is 1.57. The van der Waals surface area contributed by atoms with Gasteiger partial charge in [0.2, 0.25) is 5.91 Å². The van der Waals surface area contributed by atoms with Gasteiger partial charge in [-0.15, -0.1) is 0 Å². The maximum Gasteiger partial charge on any atom is 0.237 e. The molecule has 1 aliphatic heterocycles. The molecule has 0 aromatic heterocycles. The van der Waals surface area contributed by atoms with Crippen molar-refractivity contribution in [1.29, 1.82) is 0 Å². The molecular formula is C10H15NO2S. The molecule has 1 aliphatic rings. The topological polar surface area (TPSA) is 37.4 Å². The number of amides is 1. The van der Waals surface area contributed by atoms with Gasteiger partial charge in [0.1, 0.15) is 0 Å². The number of hydrogen-bond acceptors (Lipinski definition) is 3. The van der Waals surface area contributed by atoms with Crippen molar-refractivity contribution in [2.45, 2.75) is 20.8 Å². The standard InChI is InChI=1S/C10H15NO2S/c1-10(2,3)7(12)5-9-11(4)8(13)6-14-9/h5H,6H2,1-4H3/b9-5+. The molecule has 1 saturated heterocycles. The molecule has 1 fully saturated rings. The monoisotopic (exact) mass is 213 g/mol. The Balaban J connectivity index is 2.80. The van der Waals surface area contributed by atoms with Crippen LogP contribution in [0.1, 0.15) is 20.8 Å². The molecule has 0 aromatic rings. The molecule has 78 valence electrons. The second-order valence-electron chi connectivity index (χ2n) is 4.34. The molecule has 4 heteroatoms. The lowest BCUT2D eigenvalue weighted by Gasteiger charge is -2.15. The molecule has 0 aromatic carbocycles. The van der Waals surface area contributed by atoms with Crippen LogP contribution in [0.5, 0.6) is 0 Å².